The summed E-state index contributed by atoms with van der Waals surface area (Å²) in [5.41, 5.74) is 3.61. The molecule has 2 heterocycles. The third-order valence-corrected chi connectivity index (χ3v) is 7.40. The molecule has 0 saturated heterocycles. The fourth-order valence-electron chi connectivity index (χ4n) is 4.52. The Balaban J connectivity index is 1.29. The van der Waals surface area contributed by atoms with Crippen molar-refractivity contribution in [3.05, 3.63) is 95.6 Å². The first-order valence-electron chi connectivity index (χ1n) is 12.6. The van der Waals surface area contributed by atoms with E-state index in [9.17, 15) is 14.0 Å². The van der Waals surface area contributed by atoms with Crippen LogP contribution < -0.4 is 15.0 Å². The third kappa shape index (κ3) is 6.28. The number of rotatable bonds is 9. The molecule has 1 aliphatic heterocycles. The number of halogens is 1. The van der Waals surface area contributed by atoms with Gasteiger partial charge in [-0.15, -0.1) is 10.2 Å². The van der Waals surface area contributed by atoms with Crippen LogP contribution in [0.3, 0.4) is 0 Å². The largest absolute Gasteiger partial charge is 0.497 e. The summed E-state index contributed by atoms with van der Waals surface area (Å²) in [4.78, 5) is 27.6. The lowest BCUT2D eigenvalue weighted by molar-refractivity contribution is -0.120. The number of amides is 2. The average molecular weight is 546 g/mol. The fraction of sp³-hybridized carbons (Fsp3) is 0.241. The second-order valence-corrected chi connectivity index (χ2v) is 10.0. The summed E-state index contributed by atoms with van der Waals surface area (Å²) in [6.45, 7) is 0.792. The lowest BCUT2D eigenvalue weighted by atomic mass is 10.0. The van der Waals surface area contributed by atoms with Crippen molar-refractivity contribution in [2.75, 3.05) is 24.3 Å². The Morgan fingerprint density at radius 3 is 2.56 bits per heavy atom. The van der Waals surface area contributed by atoms with E-state index in [2.05, 4.69) is 21.6 Å². The van der Waals surface area contributed by atoms with Crippen LogP contribution in [0.4, 0.5) is 10.1 Å². The van der Waals surface area contributed by atoms with Crippen molar-refractivity contribution in [3.63, 3.8) is 0 Å². The molecule has 0 aliphatic carbocycles. The van der Waals surface area contributed by atoms with Gasteiger partial charge in [0, 0.05) is 17.9 Å². The van der Waals surface area contributed by atoms with E-state index in [1.165, 1.54) is 29.5 Å². The summed E-state index contributed by atoms with van der Waals surface area (Å²) in [6.07, 6.45) is 2.07. The number of thioether (sulfide) groups is 1. The minimum absolute atomic E-state index is 0.0184. The molecule has 0 bridgehead atoms. The molecule has 1 aliphatic rings. The van der Waals surface area contributed by atoms with Crippen LogP contribution in [0.15, 0.2) is 78.0 Å². The maximum absolute atomic E-state index is 13.7. The number of carbonyl (C=O) groups is 2. The Kier molecular flexibility index (Phi) is 8.21. The number of fused-ring (bicyclic) bond motifs is 1. The van der Waals surface area contributed by atoms with Gasteiger partial charge in [0.15, 0.2) is 11.0 Å². The zero-order valence-electron chi connectivity index (χ0n) is 21.5. The highest BCUT2D eigenvalue weighted by atomic mass is 32.2. The van der Waals surface area contributed by atoms with E-state index in [0.717, 1.165) is 29.8 Å². The maximum Gasteiger partial charge on any atom is 0.237 e. The highest BCUT2D eigenvalue weighted by Crippen LogP contribution is 2.29. The molecule has 3 aromatic carbocycles. The number of para-hydroxylation sites is 1. The molecule has 5 rings (SSSR count). The molecule has 0 fully saturated rings. The molecule has 200 valence electrons. The first-order valence-corrected chi connectivity index (χ1v) is 13.6. The number of benzene rings is 3. The molecular formula is C29H28FN5O3S. The van der Waals surface area contributed by atoms with Crippen LogP contribution in [0.2, 0.25) is 0 Å². The molecule has 0 atom stereocenters. The smallest absolute Gasteiger partial charge is 0.237 e. The molecule has 0 saturated carbocycles. The van der Waals surface area contributed by atoms with E-state index in [-0.39, 0.29) is 36.4 Å². The molecule has 1 N–H and O–H groups in total. The standard InChI is InChI=1S/C29H28FN5O3S/c1-38-24-14-8-20(9-15-24)17-27(36)31-18-26-32-33-29(35(26)23-12-10-22(30)11-13-23)39-19-28(37)34-16-4-6-21-5-2-3-7-25(21)34/h2-3,5,7-15H,4,6,16-19H2,1H3,(H,31,36). The van der Waals surface area contributed by atoms with Crippen LogP contribution in [-0.2, 0) is 29.0 Å². The van der Waals surface area contributed by atoms with E-state index in [0.29, 0.717) is 23.2 Å². The van der Waals surface area contributed by atoms with Crippen LogP contribution in [0.5, 0.6) is 5.75 Å². The van der Waals surface area contributed by atoms with Gasteiger partial charge in [0.25, 0.3) is 0 Å². The Labute approximate surface area is 230 Å². The highest BCUT2D eigenvalue weighted by Gasteiger charge is 2.24. The van der Waals surface area contributed by atoms with E-state index in [1.807, 2.05) is 35.2 Å². The average Bonchev–Trinajstić information content (AvgIpc) is 3.38. The van der Waals surface area contributed by atoms with Gasteiger partial charge in [0.05, 0.1) is 25.8 Å². The minimum Gasteiger partial charge on any atom is -0.497 e. The predicted molar refractivity (Wildman–Crippen MR) is 148 cm³/mol. The van der Waals surface area contributed by atoms with Gasteiger partial charge in [-0.1, -0.05) is 42.1 Å². The van der Waals surface area contributed by atoms with Gasteiger partial charge >= 0.3 is 0 Å². The Morgan fingerprint density at radius 1 is 1.03 bits per heavy atom. The van der Waals surface area contributed by atoms with Gasteiger partial charge < -0.3 is 15.0 Å². The van der Waals surface area contributed by atoms with E-state index >= 15 is 0 Å². The molecular weight excluding hydrogens is 517 g/mol. The Bertz CT molecular complexity index is 1460. The number of nitrogens with zero attached hydrogens (tertiary/aromatic N) is 4. The van der Waals surface area contributed by atoms with Gasteiger partial charge in [-0.05, 0) is 66.4 Å². The van der Waals surface area contributed by atoms with E-state index in [4.69, 9.17) is 4.74 Å². The molecule has 1 aromatic heterocycles. The highest BCUT2D eigenvalue weighted by molar-refractivity contribution is 7.99. The first kappa shape index (κ1) is 26.4. The number of methoxy groups -OCH3 is 1. The van der Waals surface area contributed by atoms with Crippen molar-refractivity contribution < 1.29 is 18.7 Å². The zero-order valence-corrected chi connectivity index (χ0v) is 22.3. The molecule has 10 heteroatoms. The molecule has 0 radical (unpaired) electrons. The van der Waals surface area contributed by atoms with Gasteiger partial charge in [-0.2, -0.15) is 0 Å². The second kappa shape index (κ2) is 12.1. The number of aryl methyl sites for hydroxylation is 1. The van der Waals surface area contributed by atoms with Gasteiger partial charge in [0.1, 0.15) is 11.6 Å². The summed E-state index contributed by atoms with van der Waals surface area (Å²) in [6, 6.07) is 21.2. The molecule has 8 nitrogen and oxygen atoms in total. The van der Waals surface area contributed by atoms with Crippen LogP contribution in [0, 0.1) is 5.82 Å². The van der Waals surface area contributed by atoms with Crippen molar-refractivity contribution in [2.45, 2.75) is 31.0 Å². The van der Waals surface area contributed by atoms with Crippen LogP contribution in [0.25, 0.3) is 5.69 Å². The molecule has 2 amide bonds. The normalized spacial score (nSPS) is 12.6. The summed E-state index contributed by atoms with van der Waals surface area (Å²) in [5, 5.41) is 12.0. The third-order valence-electron chi connectivity index (χ3n) is 6.49. The summed E-state index contributed by atoms with van der Waals surface area (Å²) < 4.78 is 20.6. The Hall–Kier alpha value is -4.18. The number of hydrogen-bond acceptors (Lipinski definition) is 6. The fourth-order valence-corrected chi connectivity index (χ4v) is 5.37. The molecule has 0 spiro atoms. The van der Waals surface area contributed by atoms with Crippen LogP contribution in [-0.4, -0.2) is 46.0 Å². The number of ether oxygens (including phenoxy) is 1. The van der Waals surface area contributed by atoms with Crippen molar-refractivity contribution in [3.8, 4) is 11.4 Å². The predicted octanol–water partition coefficient (Wildman–Crippen LogP) is 4.35. The van der Waals surface area contributed by atoms with Crippen LogP contribution >= 0.6 is 11.8 Å². The minimum atomic E-state index is -0.366. The number of nitrogens with one attached hydrogen (secondary N) is 1. The van der Waals surface area contributed by atoms with Crippen molar-refractivity contribution in [2.24, 2.45) is 0 Å². The lowest BCUT2D eigenvalue weighted by Gasteiger charge is -2.29. The summed E-state index contributed by atoms with van der Waals surface area (Å²) >= 11 is 1.26. The maximum atomic E-state index is 13.7. The molecule has 0 unspecified atom stereocenters. The van der Waals surface area contributed by atoms with Crippen molar-refractivity contribution in [1.29, 1.82) is 0 Å². The summed E-state index contributed by atoms with van der Waals surface area (Å²) in [5.74, 6) is 0.797. The van der Waals surface area contributed by atoms with Crippen molar-refractivity contribution in [1.82, 2.24) is 20.1 Å². The van der Waals surface area contributed by atoms with Crippen molar-refractivity contribution >= 4 is 29.3 Å². The number of hydrogen-bond donors (Lipinski definition) is 1. The molecule has 4 aromatic rings. The molecule has 39 heavy (non-hydrogen) atoms. The van der Waals surface area contributed by atoms with Gasteiger partial charge in [-0.3, -0.25) is 14.2 Å². The monoisotopic (exact) mass is 545 g/mol. The number of anilines is 1. The first-order chi connectivity index (χ1) is 19.0. The van der Waals surface area contributed by atoms with Gasteiger partial charge in [-0.25, -0.2) is 4.39 Å². The van der Waals surface area contributed by atoms with Crippen LogP contribution in [0.1, 0.15) is 23.4 Å². The van der Waals surface area contributed by atoms with Gasteiger partial charge in [0.2, 0.25) is 11.8 Å². The second-order valence-electron chi connectivity index (χ2n) is 9.08. The zero-order chi connectivity index (χ0) is 27.2. The topological polar surface area (TPSA) is 89.3 Å². The van der Waals surface area contributed by atoms with E-state index in [1.54, 1.807) is 35.9 Å². The SMILES string of the molecule is COc1ccc(CC(=O)NCc2nnc(SCC(=O)N3CCCc4ccccc43)n2-c2ccc(F)cc2)cc1. The number of carbonyl (C=O) groups excluding carboxylic acids is 2. The quantitative estimate of drug-likeness (QED) is 0.315. The van der Waals surface area contributed by atoms with E-state index < -0.39 is 0 Å². The summed E-state index contributed by atoms with van der Waals surface area (Å²) in [7, 11) is 1.59. The number of aromatic nitrogens is 3. The lowest BCUT2D eigenvalue weighted by Crippen LogP contribution is -2.36. The Morgan fingerprint density at radius 2 is 1.79 bits per heavy atom.